The number of rotatable bonds is 7. The number of benzene rings is 1. The average Bonchev–Trinajstić information content (AvgIpc) is 2.92. The molecule has 2 N–H and O–H groups in total. The number of aromatic nitrogens is 2. The van der Waals surface area contributed by atoms with E-state index in [2.05, 4.69) is 10.2 Å². The van der Waals surface area contributed by atoms with Gasteiger partial charge in [0.15, 0.2) is 0 Å². The molecule has 122 valence electrons. The van der Waals surface area contributed by atoms with Gasteiger partial charge in [0.1, 0.15) is 0 Å². The van der Waals surface area contributed by atoms with Crippen LogP contribution in [0.3, 0.4) is 0 Å². The van der Waals surface area contributed by atoms with Gasteiger partial charge in [-0.15, -0.1) is 10.2 Å². The van der Waals surface area contributed by atoms with Crippen molar-refractivity contribution < 1.29 is 14.0 Å². The summed E-state index contributed by atoms with van der Waals surface area (Å²) < 4.78 is 5.48. The number of hydrogen-bond donors (Lipinski definition) is 1. The zero-order chi connectivity index (χ0) is 17.0. The van der Waals surface area contributed by atoms with Crippen LogP contribution in [-0.2, 0) is 11.2 Å². The number of aryl methyl sites for hydroxylation is 1. The van der Waals surface area contributed by atoms with Crippen molar-refractivity contribution in [2.75, 3.05) is 0 Å². The number of nitrogens with zero attached hydrogens (tertiary/aromatic N) is 2. The molecule has 0 aliphatic rings. The number of ketones is 1. The van der Waals surface area contributed by atoms with Gasteiger partial charge >= 0.3 is 0 Å². The molecule has 0 aliphatic carbocycles. The SMILES string of the molecule is Cc1cccc(Cc2nnc(C(=O)C(CC(N)=O)C(C)C)o2)c1. The monoisotopic (exact) mass is 315 g/mol. The van der Waals surface area contributed by atoms with Crippen LogP contribution in [0.15, 0.2) is 28.7 Å². The molecule has 1 unspecified atom stereocenters. The maximum atomic E-state index is 12.4. The summed E-state index contributed by atoms with van der Waals surface area (Å²) in [6.45, 7) is 5.72. The molecule has 0 aliphatic heterocycles. The number of nitrogens with two attached hydrogens (primary N) is 1. The predicted octanol–water partition coefficient (Wildman–Crippen LogP) is 2.30. The van der Waals surface area contributed by atoms with Gasteiger partial charge in [-0.3, -0.25) is 9.59 Å². The highest BCUT2D eigenvalue weighted by Crippen LogP contribution is 2.21. The van der Waals surface area contributed by atoms with Crippen LogP contribution in [0.5, 0.6) is 0 Å². The zero-order valence-corrected chi connectivity index (χ0v) is 13.6. The Morgan fingerprint density at radius 3 is 2.61 bits per heavy atom. The minimum absolute atomic E-state index is 0.0217. The molecular formula is C17H21N3O3. The summed E-state index contributed by atoms with van der Waals surface area (Å²) in [5.41, 5.74) is 7.38. The lowest BCUT2D eigenvalue weighted by Gasteiger charge is -2.15. The van der Waals surface area contributed by atoms with Crippen LogP contribution in [0.25, 0.3) is 0 Å². The number of carbonyl (C=O) groups excluding carboxylic acids is 2. The van der Waals surface area contributed by atoms with Gasteiger partial charge in [-0.25, -0.2) is 0 Å². The smallest absolute Gasteiger partial charge is 0.284 e. The van der Waals surface area contributed by atoms with Crippen molar-refractivity contribution in [3.63, 3.8) is 0 Å². The maximum absolute atomic E-state index is 12.4. The summed E-state index contributed by atoms with van der Waals surface area (Å²) in [7, 11) is 0. The number of hydrogen-bond acceptors (Lipinski definition) is 5. The fraction of sp³-hybridized carbons (Fsp3) is 0.412. The summed E-state index contributed by atoms with van der Waals surface area (Å²) in [4.78, 5) is 23.6. The highest BCUT2D eigenvalue weighted by Gasteiger charge is 2.29. The highest BCUT2D eigenvalue weighted by atomic mass is 16.4. The molecule has 0 bridgehead atoms. The fourth-order valence-corrected chi connectivity index (χ4v) is 2.43. The first kappa shape index (κ1) is 16.9. The first-order chi connectivity index (χ1) is 10.9. The standard InChI is InChI=1S/C17H21N3O3/c1-10(2)13(9-14(18)21)16(22)17-20-19-15(23-17)8-12-6-4-5-11(3)7-12/h4-7,10,13H,8-9H2,1-3H3,(H2,18,21). The Hall–Kier alpha value is -2.50. The van der Waals surface area contributed by atoms with Gasteiger partial charge in [-0.1, -0.05) is 43.7 Å². The Labute approximate surface area is 135 Å². The Bertz CT molecular complexity index is 707. The third kappa shape index (κ3) is 4.48. The Morgan fingerprint density at radius 2 is 2.00 bits per heavy atom. The van der Waals surface area contributed by atoms with Crippen LogP contribution in [0, 0.1) is 18.8 Å². The van der Waals surface area contributed by atoms with Crippen molar-refractivity contribution in [1.82, 2.24) is 10.2 Å². The van der Waals surface area contributed by atoms with Gasteiger partial charge in [-0.2, -0.15) is 0 Å². The molecule has 1 atom stereocenters. The molecular weight excluding hydrogens is 294 g/mol. The molecule has 6 heteroatoms. The maximum Gasteiger partial charge on any atom is 0.284 e. The van der Waals surface area contributed by atoms with Crippen LogP contribution in [0.2, 0.25) is 0 Å². The van der Waals surface area contributed by atoms with Crippen molar-refractivity contribution in [1.29, 1.82) is 0 Å². The molecule has 0 fully saturated rings. The molecule has 0 radical (unpaired) electrons. The van der Waals surface area contributed by atoms with E-state index in [4.69, 9.17) is 10.2 Å². The third-order valence-electron chi connectivity index (χ3n) is 3.68. The lowest BCUT2D eigenvalue weighted by molar-refractivity contribution is -0.118. The van der Waals surface area contributed by atoms with Crippen molar-refractivity contribution in [3.05, 3.63) is 47.2 Å². The molecule has 2 rings (SSSR count). The van der Waals surface area contributed by atoms with E-state index >= 15 is 0 Å². The van der Waals surface area contributed by atoms with Crippen molar-refractivity contribution in [2.45, 2.75) is 33.6 Å². The summed E-state index contributed by atoms with van der Waals surface area (Å²) >= 11 is 0. The van der Waals surface area contributed by atoms with Crippen LogP contribution in [0.1, 0.15) is 48.0 Å². The van der Waals surface area contributed by atoms with Gasteiger partial charge < -0.3 is 10.2 Å². The molecule has 0 saturated carbocycles. The lowest BCUT2D eigenvalue weighted by atomic mass is 9.88. The number of Topliss-reactive ketones (excluding diaryl/α,β-unsaturated/α-hetero) is 1. The molecule has 1 aromatic heterocycles. The summed E-state index contributed by atoms with van der Waals surface area (Å²) in [6.07, 6.45) is 0.441. The second-order valence-electron chi connectivity index (χ2n) is 6.05. The summed E-state index contributed by atoms with van der Waals surface area (Å²) in [6, 6.07) is 7.94. The van der Waals surface area contributed by atoms with Crippen LogP contribution in [0.4, 0.5) is 0 Å². The minimum Gasteiger partial charge on any atom is -0.418 e. The summed E-state index contributed by atoms with van der Waals surface area (Å²) in [5.74, 6) is -1.12. The summed E-state index contributed by atoms with van der Waals surface area (Å²) in [5, 5.41) is 7.76. The van der Waals surface area contributed by atoms with E-state index in [1.165, 1.54) is 0 Å². The Balaban J connectivity index is 2.14. The number of primary amides is 1. The van der Waals surface area contributed by atoms with E-state index in [-0.39, 0.29) is 24.0 Å². The molecule has 1 heterocycles. The Morgan fingerprint density at radius 1 is 1.26 bits per heavy atom. The van der Waals surface area contributed by atoms with Crippen LogP contribution in [-0.4, -0.2) is 21.9 Å². The predicted molar refractivity (Wildman–Crippen MR) is 84.8 cm³/mol. The fourth-order valence-electron chi connectivity index (χ4n) is 2.43. The topological polar surface area (TPSA) is 99.1 Å². The third-order valence-corrected chi connectivity index (χ3v) is 3.68. The van der Waals surface area contributed by atoms with E-state index in [1.807, 2.05) is 45.0 Å². The van der Waals surface area contributed by atoms with Crippen molar-refractivity contribution >= 4 is 11.7 Å². The van der Waals surface area contributed by atoms with Crippen molar-refractivity contribution in [2.24, 2.45) is 17.6 Å². The first-order valence-corrected chi connectivity index (χ1v) is 7.57. The molecule has 0 spiro atoms. The first-order valence-electron chi connectivity index (χ1n) is 7.57. The zero-order valence-electron chi connectivity index (χ0n) is 13.6. The second-order valence-corrected chi connectivity index (χ2v) is 6.05. The molecule has 0 saturated heterocycles. The van der Waals surface area contributed by atoms with Gasteiger partial charge in [-0.05, 0) is 18.4 Å². The van der Waals surface area contributed by atoms with E-state index in [9.17, 15) is 9.59 Å². The Kier molecular flexibility index (Phi) is 5.26. The largest absolute Gasteiger partial charge is 0.418 e. The van der Waals surface area contributed by atoms with E-state index in [0.717, 1.165) is 11.1 Å². The average molecular weight is 315 g/mol. The number of carbonyl (C=O) groups is 2. The highest BCUT2D eigenvalue weighted by molar-refractivity contribution is 5.96. The van der Waals surface area contributed by atoms with Crippen LogP contribution >= 0.6 is 0 Å². The normalized spacial score (nSPS) is 12.3. The van der Waals surface area contributed by atoms with Gasteiger partial charge in [0, 0.05) is 12.3 Å². The van der Waals surface area contributed by atoms with E-state index in [1.54, 1.807) is 0 Å². The van der Waals surface area contributed by atoms with Gasteiger partial charge in [0.2, 0.25) is 17.6 Å². The number of amides is 1. The molecule has 2 aromatic rings. The lowest BCUT2D eigenvalue weighted by Crippen LogP contribution is -2.27. The molecule has 23 heavy (non-hydrogen) atoms. The van der Waals surface area contributed by atoms with Gasteiger partial charge in [0.25, 0.3) is 5.89 Å². The second kappa shape index (κ2) is 7.17. The quantitative estimate of drug-likeness (QED) is 0.790. The van der Waals surface area contributed by atoms with E-state index in [0.29, 0.717) is 12.3 Å². The van der Waals surface area contributed by atoms with Gasteiger partial charge in [0.05, 0.1) is 6.42 Å². The van der Waals surface area contributed by atoms with Crippen molar-refractivity contribution in [3.8, 4) is 0 Å². The molecule has 6 nitrogen and oxygen atoms in total. The minimum atomic E-state index is -0.542. The molecule has 1 aromatic carbocycles. The van der Waals surface area contributed by atoms with E-state index < -0.39 is 11.8 Å². The van der Waals surface area contributed by atoms with Crippen LogP contribution < -0.4 is 5.73 Å². The molecule has 1 amide bonds.